The summed E-state index contributed by atoms with van der Waals surface area (Å²) in [5.74, 6) is 0.495. The van der Waals surface area contributed by atoms with Crippen LogP contribution in [0.3, 0.4) is 0 Å². The Morgan fingerprint density at radius 1 is 1.21 bits per heavy atom. The van der Waals surface area contributed by atoms with Gasteiger partial charge in [0.15, 0.2) is 0 Å². The standard InChI is InChI=1S/C20H22N6O2/c1-14-2-3-16(13-23-14)18-7-11-28-26(18)19(27)15-5-9-25(10-6-15)20-22-8-4-17(12-21)24-20/h2-4,8,13,15,18H,5-7,9-11H2,1H3. The summed E-state index contributed by atoms with van der Waals surface area (Å²) in [7, 11) is 0. The van der Waals surface area contributed by atoms with Crippen molar-refractivity contribution >= 4 is 11.9 Å². The van der Waals surface area contributed by atoms with E-state index in [1.807, 2.05) is 36.2 Å². The minimum Gasteiger partial charge on any atom is -0.341 e. The van der Waals surface area contributed by atoms with Crippen LogP contribution in [0, 0.1) is 24.2 Å². The Hall–Kier alpha value is -3.05. The molecule has 2 aromatic rings. The van der Waals surface area contributed by atoms with Crippen molar-refractivity contribution in [3.05, 3.63) is 47.5 Å². The molecule has 0 radical (unpaired) electrons. The molecule has 0 aliphatic carbocycles. The summed E-state index contributed by atoms with van der Waals surface area (Å²) in [5, 5.41) is 10.6. The van der Waals surface area contributed by atoms with Gasteiger partial charge >= 0.3 is 0 Å². The fraction of sp³-hybridized carbons (Fsp3) is 0.450. The van der Waals surface area contributed by atoms with Crippen LogP contribution in [0.25, 0.3) is 0 Å². The molecule has 8 nitrogen and oxygen atoms in total. The second-order valence-electron chi connectivity index (χ2n) is 7.15. The lowest BCUT2D eigenvalue weighted by Crippen LogP contribution is -2.42. The van der Waals surface area contributed by atoms with Gasteiger partial charge in [-0.1, -0.05) is 6.07 Å². The third-order valence-electron chi connectivity index (χ3n) is 5.33. The average molecular weight is 378 g/mol. The number of carbonyl (C=O) groups excluding carboxylic acids is 1. The zero-order chi connectivity index (χ0) is 19.5. The number of hydroxylamine groups is 2. The van der Waals surface area contributed by atoms with Crippen LogP contribution in [-0.4, -0.2) is 45.6 Å². The molecule has 4 rings (SSSR count). The smallest absolute Gasteiger partial charge is 0.249 e. The Morgan fingerprint density at radius 3 is 2.75 bits per heavy atom. The highest BCUT2D eigenvalue weighted by molar-refractivity contribution is 5.78. The zero-order valence-corrected chi connectivity index (χ0v) is 15.8. The predicted molar refractivity (Wildman–Crippen MR) is 101 cm³/mol. The van der Waals surface area contributed by atoms with Gasteiger partial charge < -0.3 is 4.90 Å². The van der Waals surface area contributed by atoms with Crippen LogP contribution in [0.5, 0.6) is 0 Å². The van der Waals surface area contributed by atoms with Crippen LogP contribution in [-0.2, 0) is 9.63 Å². The van der Waals surface area contributed by atoms with E-state index in [0.717, 1.165) is 17.7 Å². The molecule has 2 saturated heterocycles. The van der Waals surface area contributed by atoms with Crippen molar-refractivity contribution in [2.45, 2.75) is 32.2 Å². The number of pyridine rings is 1. The molecule has 4 heterocycles. The second kappa shape index (κ2) is 7.90. The third kappa shape index (κ3) is 3.66. The third-order valence-corrected chi connectivity index (χ3v) is 5.33. The molecule has 0 bridgehead atoms. The van der Waals surface area contributed by atoms with Crippen LogP contribution in [0.4, 0.5) is 5.95 Å². The van der Waals surface area contributed by atoms with Crippen LogP contribution in [0.1, 0.15) is 42.3 Å². The topological polar surface area (TPSA) is 95.2 Å². The highest BCUT2D eigenvalue weighted by Gasteiger charge is 2.37. The summed E-state index contributed by atoms with van der Waals surface area (Å²) in [5.41, 5.74) is 2.31. The Balaban J connectivity index is 1.40. The van der Waals surface area contributed by atoms with Crippen LogP contribution >= 0.6 is 0 Å². The van der Waals surface area contributed by atoms with Crippen LogP contribution in [0.15, 0.2) is 30.6 Å². The molecule has 0 aromatic carbocycles. The number of piperidine rings is 1. The fourth-order valence-corrected chi connectivity index (χ4v) is 3.73. The molecule has 1 atom stereocenters. The van der Waals surface area contributed by atoms with Crippen molar-refractivity contribution in [3.63, 3.8) is 0 Å². The maximum absolute atomic E-state index is 13.1. The van der Waals surface area contributed by atoms with Crippen molar-refractivity contribution in [2.75, 3.05) is 24.6 Å². The molecule has 8 heteroatoms. The van der Waals surface area contributed by atoms with Gasteiger partial charge in [0.1, 0.15) is 11.8 Å². The summed E-state index contributed by atoms with van der Waals surface area (Å²) in [6.45, 7) is 3.84. The first-order chi connectivity index (χ1) is 13.7. The maximum atomic E-state index is 13.1. The molecule has 2 aliphatic heterocycles. The van der Waals surface area contributed by atoms with Crippen molar-refractivity contribution in [2.24, 2.45) is 5.92 Å². The van der Waals surface area contributed by atoms with Gasteiger partial charge in [-0.25, -0.2) is 15.0 Å². The molecule has 2 aliphatic rings. The first kappa shape index (κ1) is 18.3. The number of nitriles is 1. The molecular formula is C20H22N6O2. The Morgan fingerprint density at radius 2 is 2.04 bits per heavy atom. The van der Waals surface area contributed by atoms with Gasteiger partial charge in [0.2, 0.25) is 11.9 Å². The number of amides is 1. The quantitative estimate of drug-likeness (QED) is 0.808. The lowest BCUT2D eigenvalue weighted by atomic mass is 9.95. The molecule has 0 saturated carbocycles. The number of nitrogens with zero attached hydrogens (tertiary/aromatic N) is 6. The molecule has 1 amide bonds. The summed E-state index contributed by atoms with van der Waals surface area (Å²) >= 11 is 0. The van der Waals surface area contributed by atoms with Crippen molar-refractivity contribution in [1.82, 2.24) is 20.0 Å². The van der Waals surface area contributed by atoms with Gasteiger partial charge in [0, 0.05) is 43.5 Å². The van der Waals surface area contributed by atoms with Crippen molar-refractivity contribution in [1.29, 1.82) is 5.26 Å². The summed E-state index contributed by atoms with van der Waals surface area (Å²) in [6.07, 6.45) is 5.62. The number of aromatic nitrogens is 3. The summed E-state index contributed by atoms with van der Waals surface area (Å²) in [4.78, 5) is 33.6. The Labute approximate surface area is 163 Å². The largest absolute Gasteiger partial charge is 0.341 e. The van der Waals surface area contributed by atoms with Gasteiger partial charge in [0.05, 0.1) is 12.6 Å². The summed E-state index contributed by atoms with van der Waals surface area (Å²) in [6, 6.07) is 7.53. The number of carbonyl (C=O) groups is 1. The van der Waals surface area contributed by atoms with Gasteiger partial charge in [-0.15, -0.1) is 0 Å². The van der Waals surface area contributed by atoms with Gasteiger partial charge in [-0.05, 0) is 37.5 Å². The van der Waals surface area contributed by atoms with Gasteiger partial charge in [0.25, 0.3) is 0 Å². The molecular weight excluding hydrogens is 356 g/mol. The average Bonchev–Trinajstić information content (AvgIpc) is 3.24. The predicted octanol–water partition coefficient (Wildman–Crippen LogP) is 2.17. The van der Waals surface area contributed by atoms with E-state index < -0.39 is 0 Å². The normalized spacial score (nSPS) is 20.2. The van der Waals surface area contributed by atoms with Crippen LogP contribution in [0.2, 0.25) is 0 Å². The van der Waals surface area contributed by atoms with E-state index in [0.29, 0.717) is 44.2 Å². The highest BCUT2D eigenvalue weighted by atomic mass is 16.7. The van der Waals surface area contributed by atoms with E-state index in [1.54, 1.807) is 17.3 Å². The fourth-order valence-electron chi connectivity index (χ4n) is 3.73. The minimum absolute atomic E-state index is 0.0365. The highest BCUT2D eigenvalue weighted by Crippen LogP contribution is 2.33. The zero-order valence-electron chi connectivity index (χ0n) is 15.8. The molecule has 0 spiro atoms. The molecule has 2 fully saturated rings. The van der Waals surface area contributed by atoms with Crippen molar-refractivity contribution < 1.29 is 9.63 Å². The lowest BCUT2D eigenvalue weighted by molar-refractivity contribution is -0.182. The number of hydrogen-bond acceptors (Lipinski definition) is 7. The molecule has 0 N–H and O–H groups in total. The van der Waals surface area contributed by atoms with Crippen molar-refractivity contribution in [3.8, 4) is 6.07 Å². The van der Waals surface area contributed by atoms with E-state index in [1.165, 1.54) is 0 Å². The van der Waals surface area contributed by atoms with E-state index in [9.17, 15) is 4.79 Å². The van der Waals surface area contributed by atoms with Gasteiger partial charge in [-0.2, -0.15) is 5.26 Å². The SMILES string of the molecule is Cc1ccc(C2CCON2C(=O)C2CCN(c3nccc(C#N)n3)CC2)cn1. The molecule has 1 unspecified atom stereocenters. The lowest BCUT2D eigenvalue weighted by Gasteiger charge is -2.34. The Kier molecular flexibility index (Phi) is 5.17. The van der Waals surface area contributed by atoms with Crippen LogP contribution < -0.4 is 4.90 Å². The van der Waals surface area contributed by atoms with E-state index in [4.69, 9.17) is 10.1 Å². The first-order valence-electron chi connectivity index (χ1n) is 9.52. The maximum Gasteiger partial charge on any atom is 0.249 e. The molecule has 144 valence electrons. The monoisotopic (exact) mass is 378 g/mol. The summed E-state index contributed by atoms with van der Waals surface area (Å²) < 4.78 is 0. The van der Waals surface area contributed by atoms with E-state index in [2.05, 4.69) is 15.0 Å². The molecule has 2 aromatic heterocycles. The minimum atomic E-state index is -0.0885. The van der Waals surface area contributed by atoms with E-state index >= 15 is 0 Å². The number of anilines is 1. The Bertz CT molecular complexity index is 886. The first-order valence-corrected chi connectivity index (χ1v) is 9.52. The van der Waals surface area contributed by atoms with Gasteiger partial charge in [-0.3, -0.25) is 14.6 Å². The van der Waals surface area contributed by atoms with E-state index in [-0.39, 0.29) is 17.9 Å². The number of aryl methyl sites for hydroxylation is 1. The number of hydrogen-bond donors (Lipinski definition) is 0. The number of rotatable bonds is 3. The molecule has 28 heavy (non-hydrogen) atoms. The second-order valence-corrected chi connectivity index (χ2v) is 7.15.